The Morgan fingerprint density at radius 2 is 2.17 bits per heavy atom. The molecule has 5 heteroatoms. The molecule has 0 atom stereocenters. The van der Waals surface area contributed by atoms with E-state index in [1.807, 2.05) is 6.92 Å². The van der Waals surface area contributed by atoms with E-state index in [2.05, 4.69) is 5.16 Å². The van der Waals surface area contributed by atoms with Gasteiger partial charge in [0.15, 0.2) is 0 Å². The van der Waals surface area contributed by atoms with E-state index in [0.717, 1.165) is 11.5 Å². The molecule has 0 spiro atoms. The molecule has 94 valence electrons. The first-order chi connectivity index (χ1) is 8.58. The number of nitrogens with two attached hydrogens (primary N) is 1. The minimum Gasteiger partial charge on any atom is -0.398 e. The number of para-hydroxylation sites is 1. The number of aromatic nitrogens is 1. The maximum absolute atomic E-state index is 12.2. The molecular formula is C13H15N3O2. The first kappa shape index (κ1) is 12.2. The van der Waals surface area contributed by atoms with Crippen LogP contribution >= 0.6 is 0 Å². The predicted octanol–water partition coefficient (Wildman–Crippen LogP) is 1.84. The second-order valence-corrected chi connectivity index (χ2v) is 4.18. The van der Waals surface area contributed by atoms with Gasteiger partial charge in [-0.25, -0.2) is 0 Å². The van der Waals surface area contributed by atoms with E-state index < -0.39 is 0 Å². The summed E-state index contributed by atoms with van der Waals surface area (Å²) in [5.41, 5.74) is 7.47. The van der Waals surface area contributed by atoms with Crippen LogP contribution in [0.4, 0.5) is 5.69 Å². The largest absolute Gasteiger partial charge is 0.398 e. The van der Waals surface area contributed by atoms with Gasteiger partial charge >= 0.3 is 0 Å². The van der Waals surface area contributed by atoms with Crippen LogP contribution in [0.1, 0.15) is 21.8 Å². The SMILES string of the molecule is Cc1cc(CN(C)C(=O)c2ccccc2N)no1. The van der Waals surface area contributed by atoms with Crippen molar-refractivity contribution in [2.75, 3.05) is 12.8 Å². The molecule has 0 aliphatic heterocycles. The molecule has 1 aromatic carbocycles. The van der Waals surface area contributed by atoms with Crippen LogP contribution < -0.4 is 5.73 Å². The lowest BCUT2D eigenvalue weighted by Crippen LogP contribution is -2.27. The second-order valence-electron chi connectivity index (χ2n) is 4.18. The van der Waals surface area contributed by atoms with Crippen LogP contribution in [0.25, 0.3) is 0 Å². The number of amides is 1. The first-order valence-electron chi connectivity index (χ1n) is 5.60. The lowest BCUT2D eigenvalue weighted by molar-refractivity contribution is 0.0783. The van der Waals surface area contributed by atoms with Crippen molar-refractivity contribution in [3.63, 3.8) is 0 Å². The van der Waals surface area contributed by atoms with Gasteiger partial charge in [0.1, 0.15) is 11.5 Å². The lowest BCUT2D eigenvalue weighted by Gasteiger charge is -2.16. The zero-order valence-electron chi connectivity index (χ0n) is 10.4. The van der Waals surface area contributed by atoms with Gasteiger partial charge < -0.3 is 15.2 Å². The van der Waals surface area contributed by atoms with Gasteiger partial charge in [0.25, 0.3) is 5.91 Å². The number of nitrogen functional groups attached to an aromatic ring is 1. The van der Waals surface area contributed by atoms with Crippen molar-refractivity contribution in [2.24, 2.45) is 0 Å². The zero-order valence-corrected chi connectivity index (χ0v) is 10.4. The summed E-state index contributed by atoms with van der Waals surface area (Å²) in [6, 6.07) is 8.81. The number of rotatable bonds is 3. The van der Waals surface area contributed by atoms with Gasteiger partial charge in [-0.1, -0.05) is 17.3 Å². The fourth-order valence-corrected chi connectivity index (χ4v) is 1.70. The first-order valence-corrected chi connectivity index (χ1v) is 5.60. The number of hydrogen-bond acceptors (Lipinski definition) is 4. The molecule has 5 nitrogen and oxygen atoms in total. The molecule has 2 N–H and O–H groups in total. The van der Waals surface area contributed by atoms with Gasteiger partial charge in [-0.05, 0) is 19.1 Å². The van der Waals surface area contributed by atoms with Crippen LogP contribution in [0.2, 0.25) is 0 Å². The third kappa shape index (κ3) is 2.51. The van der Waals surface area contributed by atoms with Crippen LogP contribution in [0.5, 0.6) is 0 Å². The quantitative estimate of drug-likeness (QED) is 0.837. The Bertz CT molecular complexity index is 563. The molecular weight excluding hydrogens is 230 g/mol. The van der Waals surface area contributed by atoms with E-state index in [9.17, 15) is 4.79 Å². The van der Waals surface area contributed by atoms with E-state index in [0.29, 0.717) is 17.8 Å². The van der Waals surface area contributed by atoms with Gasteiger partial charge in [0.2, 0.25) is 0 Å². The Kier molecular flexibility index (Phi) is 3.32. The Morgan fingerprint density at radius 3 is 2.78 bits per heavy atom. The Morgan fingerprint density at radius 1 is 1.44 bits per heavy atom. The highest BCUT2D eigenvalue weighted by atomic mass is 16.5. The summed E-state index contributed by atoms with van der Waals surface area (Å²) in [6.07, 6.45) is 0. The second kappa shape index (κ2) is 4.91. The molecule has 1 aromatic heterocycles. The fourth-order valence-electron chi connectivity index (χ4n) is 1.70. The van der Waals surface area contributed by atoms with Crippen LogP contribution in [0, 0.1) is 6.92 Å². The van der Waals surface area contributed by atoms with Crippen LogP contribution in [-0.4, -0.2) is 23.0 Å². The monoisotopic (exact) mass is 245 g/mol. The molecule has 2 aromatic rings. The summed E-state index contributed by atoms with van der Waals surface area (Å²) < 4.78 is 4.96. The lowest BCUT2D eigenvalue weighted by atomic mass is 10.1. The minimum absolute atomic E-state index is 0.131. The molecule has 18 heavy (non-hydrogen) atoms. The van der Waals surface area contributed by atoms with Gasteiger partial charge in [0, 0.05) is 18.8 Å². The summed E-state index contributed by atoms with van der Waals surface area (Å²) in [5.74, 6) is 0.596. The van der Waals surface area contributed by atoms with E-state index in [1.54, 1.807) is 42.3 Å². The maximum Gasteiger partial charge on any atom is 0.256 e. The smallest absolute Gasteiger partial charge is 0.256 e. The van der Waals surface area contributed by atoms with Crippen molar-refractivity contribution in [3.05, 3.63) is 47.3 Å². The fraction of sp³-hybridized carbons (Fsp3) is 0.231. The zero-order chi connectivity index (χ0) is 13.1. The van der Waals surface area contributed by atoms with Gasteiger partial charge in [0.05, 0.1) is 12.1 Å². The number of aryl methyl sites for hydroxylation is 1. The third-order valence-electron chi connectivity index (χ3n) is 2.61. The topological polar surface area (TPSA) is 72.4 Å². The van der Waals surface area contributed by atoms with E-state index in [4.69, 9.17) is 10.3 Å². The van der Waals surface area contributed by atoms with Crippen molar-refractivity contribution in [2.45, 2.75) is 13.5 Å². The number of carbonyl (C=O) groups is 1. The van der Waals surface area contributed by atoms with Crippen molar-refractivity contribution in [1.29, 1.82) is 0 Å². The Balaban J connectivity index is 2.12. The maximum atomic E-state index is 12.2. The molecule has 0 unspecified atom stereocenters. The molecule has 0 bridgehead atoms. The number of nitrogens with zero attached hydrogens (tertiary/aromatic N) is 2. The van der Waals surface area contributed by atoms with E-state index in [1.165, 1.54) is 0 Å². The highest BCUT2D eigenvalue weighted by Gasteiger charge is 2.15. The normalized spacial score (nSPS) is 10.3. The summed E-state index contributed by atoms with van der Waals surface area (Å²) in [7, 11) is 1.71. The van der Waals surface area contributed by atoms with E-state index in [-0.39, 0.29) is 5.91 Å². The van der Waals surface area contributed by atoms with Crippen molar-refractivity contribution < 1.29 is 9.32 Å². The number of anilines is 1. The third-order valence-corrected chi connectivity index (χ3v) is 2.61. The average molecular weight is 245 g/mol. The molecule has 2 rings (SSSR count). The molecule has 0 saturated heterocycles. The van der Waals surface area contributed by atoms with Crippen molar-refractivity contribution >= 4 is 11.6 Å². The standard InChI is InChI=1S/C13H15N3O2/c1-9-7-10(15-18-9)8-16(2)13(17)11-5-3-4-6-12(11)14/h3-7H,8,14H2,1-2H3. The molecule has 0 radical (unpaired) electrons. The summed E-state index contributed by atoms with van der Waals surface area (Å²) in [6.45, 7) is 2.21. The van der Waals surface area contributed by atoms with Crippen molar-refractivity contribution in [1.82, 2.24) is 10.1 Å². The van der Waals surface area contributed by atoms with E-state index >= 15 is 0 Å². The summed E-state index contributed by atoms with van der Waals surface area (Å²) >= 11 is 0. The molecule has 1 heterocycles. The molecule has 0 fully saturated rings. The number of hydrogen-bond donors (Lipinski definition) is 1. The highest BCUT2D eigenvalue weighted by molar-refractivity contribution is 5.98. The molecule has 0 saturated carbocycles. The van der Waals surface area contributed by atoms with Gasteiger partial charge in [-0.3, -0.25) is 4.79 Å². The Labute approximate surface area is 105 Å². The minimum atomic E-state index is -0.131. The number of benzene rings is 1. The molecule has 0 aliphatic rings. The summed E-state index contributed by atoms with van der Waals surface area (Å²) in [4.78, 5) is 13.7. The summed E-state index contributed by atoms with van der Waals surface area (Å²) in [5, 5.41) is 3.85. The highest BCUT2D eigenvalue weighted by Crippen LogP contribution is 2.14. The predicted molar refractivity (Wildman–Crippen MR) is 67.9 cm³/mol. The van der Waals surface area contributed by atoms with Gasteiger partial charge in [-0.15, -0.1) is 0 Å². The van der Waals surface area contributed by atoms with Crippen molar-refractivity contribution in [3.8, 4) is 0 Å². The van der Waals surface area contributed by atoms with Gasteiger partial charge in [-0.2, -0.15) is 0 Å². The Hall–Kier alpha value is -2.30. The van der Waals surface area contributed by atoms with Crippen LogP contribution in [0.3, 0.4) is 0 Å². The average Bonchev–Trinajstić information content (AvgIpc) is 2.74. The molecule has 1 amide bonds. The number of carbonyl (C=O) groups excluding carboxylic acids is 1. The molecule has 0 aliphatic carbocycles. The van der Waals surface area contributed by atoms with Crippen LogP contribution in [0.15, 0.2) is 34.9 Å². The van der Waals surface area contributed by atoms with Crippen LogP contribution in [-0.2, 0) is 6.54 Å².